The smallest absolute Gasteiger partial charge is 0.352 e. The third-order valence-corrected chi connectivity index (χ3v) is 10.1. The summed E-state index contributed by atoms with van der Waals surface area (Å²) in [6.07, 6.45) is 2.31. The van der Waals surface area contributed by atoms with Crippen LogP contribution in [0.4, 0.5) is 5.13 Å². The molecule has 1 aromatic heterocycles. The maximum Gasteiger partial charge on any atom is 0.352 e. The van der Waals surface area contributed by atoms with Gasteiger partial charge in [0.15, 0.2) is 10.8 Å². The molecule has 0 aliphatic carbocycles. The first-order valence-electron chi connectivity index (χ1n) is 12.2. The summed E-state index contributed by atoms with van der Waals surface area (Å²) < 4.78 is 0.728. The van der Waals surface area contributed by atoms with Gasteiger partial charge in [-0.3, -0.25) is 19.3 Å². The first kappa shape index (κ1) is 26.4. The van der Waals surface area contributed by atoms with Gasteiger partial charge in [-0.2, -0.15) is 0 Å². The first-order chi connectivity index (χ1) is 18.1. The van der Waals surface area contributed by atoms with Crippen molar-refractivity contribution in [1.29, 1.82) is 0 Å². The number of carboxylic acid groups (broad SMARTS) is 1. The summed E-state index contributed by atoms with van der Waals surface area (Å²) in [6.45, 7) is 2.93. The van der Waals surface area contributed by atoms with Crippen molar-refractivity contribution in [1.82, 2.24) is 20.5 Å². The number of rotatable bonds is 8. The molecule has 3 amide bonds. The Kier molecular flexibility index (Phi) is 6.86. The molecule has 38 heavy (non-hydrogen) atoms. The Hall–Kier alpha value is -3.17. The molecule has 4 saturated heterocycles. The maximum absolute atomic E-state index is 13.2. The number of carbonyl (C=O) groups is 4. The number of hydrogen-bond acceptors (Lipinski definition) is 10. The van der Waals surface area contributed by atoms with Gasteiger partial charge in [0, 0.05) is 43.0 Å². The predicted octanol–water partition coefficient (Wildman–Crippen LogP) is -0.439. The number of fused-ring (bicyclic) bond motifs is 4. The lowest BCUT2D eigenvalue weighted by Gasteiger charge is -2.55. The van der Waals surface area contributed by atoms with Crippen LogP contribution in [0.15, 0.2) is 21.8 Å². The van der Waals surface area contributed by atoms with Crippen molar-refractivity contribution < 1.29 is 33.6 Å². The minimum absolute atomic E-state index is 0.00326. The van der Waals surface area contributed by atoms with E-state index in [4.69, 9.17) is 10.6 Å². The highest BCUT2D eigenvalue weighted by atomic mass is 32.2. The minimum Gasteiger partial charge on any atom is -0.477 e. The number of aromatic nitrogens is 1. The van der Waals surface area contributed by atoms with Gasteiger partial charge in [0.25, 0.3) is 11.8 Å². The van der Waals surface area contributed by atoms with E-state index in [1.54, 1.807) is 12.4 Å². The van der Waals surface area contributed by atoms with Crippen molar-refractivity contribution in [3.8, 4) is 0 Å². The van der Waals surface area contributed by atoms with Crippen LogP contribution in [0.3, 0.4) is 0 Å². The van der Waals surface area contributed by atoms with Crippen LogP contribution in [0.5, 0.6) is 0 Å². The number of amides is 3. The molecule has 13 nitrogen and oxygen atoms in total. The number of nitrogens with one attached hydrogen (secondary N) is 2. The van der Waals surface area contributed by atoms with E-state index < -0.39 is 29.2 Å². The van der Waals surface area contributed by atoms with Crippen LogP contribution >= 0.6 is 23.1 Å². The van der Waals surface area contributed by atoms with E-state index >= 15 is 0 Å². The third kappa shape index (κ3) is 4.31. The Morgan fingerprint density at radius 1 is 1.32 bits per heavy atom. The van der Waals surface area contributed by atoms with E-state index in [0.29, 0.717) is 17.9 Å². The summed E-state index contributed by atoms with van der Waals surface area (Å²) >= 11 is 2.57. The third-order valence-electron chi connectivity index (χ3n) is 8.13. The molecular weight excluding hydrogens is 534 g/mol. The second-order valence-corrected chi connectivity index (χ2v) is 12.1. The van der Waals surface area contributed by atoms with Gasteiger partial charge in [0.05, 0.1) is 25.0 Å². The molecule has 2 atom stereocenters. The highest BCUT2D eigenvalue weighted by molar-refractivity contribution is 8.00. The second kappa shape index (κ2) is 9.85. The van der Waals surface area contributed by atoms with E-state index in [9.17, 15) is 24.3 Å². The van der Waals surface area contributed by atoms with Crippen LogP contribution < -0.4 is 16.4 Å². The van der Waals surface area contributed by atoms with Crippen LogP contribution in [0.1, 0.15) is 25.0 Å². The van der Waals surface area contributed by atoms with Gasteiger partial charge in [-0.05, 0) is 0 Å². The van der Waals surface area contributed by atoms with Gasteiger partial charge in [0.1, 0.15) is 36.5 Å². The van der Waals surface area contributed by atoms with Crippen molar-refractivity contribution in [3.63, 3.8) is 0 Å². The molecule has 0 unspecified atom stereocenters. The normalized spacial score (nSPS) is 30.4. The quantitative estimate of drug-likeness (QED) is 0.141. The zero-order valence-electron chi connectivity index (χ0n) is 21.1. The second-order valence-electron chi connectivity index (χ2n) is 10.1. The van der Waals surface area contributed by atoms with Crippen molar-refractivity contribution in [2.45, 2.75) is 30.7 Å². The van der Waals surface area contributed by atoms with Crippen molar-refractivity contribution in [2.24, 2.45) is 10.6 Å². The molecular formula is C23H30N7O6S2+. The Morgan fingerprint density at radius 2 is 2.00 bits per heavy atom. The monoisotopic (exact) mass is 564 g/mol. The topological polar surface area (TPSA) is 176 Å². The fourth-order valence-electron chi connectivity index (χ4n) is 6.02. The van der Waals surface area contributed by atoms with Crippen molar-refractivity contribution in [3.05, 3.63) is 22.3 Å². The van der Waals surface area contributed by atoms with Crippen molar-refractivity contribution >= 4 is 57.6 Å². The first-order valence-corrected chi connectivity index (χ1v) is 14.2. The highest BCUT2D eigenvalue weighted by Crippen LogP contribution is 2.46. The SMILES string of the molecule is CNC(=O)C12CC[N+](CC3=C(C(=O)O)N4C(=O)[C@@H](NC(=O)/C(=N\OC)c5csc(N)n5)[C@H]4SC3)(CC1)CC2. The summed E-state index contributed by atoms with van der Waals surface area (Å²) in [7, 11) is 2.96. The number of quaternary nitrogens is 1. The summed E-state index contributed by atoms with van der Waals surface area (Å²) in [5.74, 6) is -1.79. The molecule has 4 fully saturated rings. The predicted molar refractivity (Wildman–Crippen MR) is 140 cm³/mol. The molecule has 2 bridgehead atoms. The molecule has 1 aromatic rings. The van der Waals surface area contributed by atoms with Crippen molar-refractivity contribution in [2.75, 3.05) is 51.8 Å². The zero-order chi connectivity index (χ0) is 27.2. The largest absolute Gasteiger partial charge is 0.477 e. The van der Waals surface area contributed by atoms with Crippen LogP contribution in [0.2, 0.25) is 0 Å². The number of anilines is 1. The summed E-state index contributed by atoms with van der Waals surface area (Å²) in [5, 5.41) is 20.6. The molecule has 15 heteroatoms. The molecule has 6 rings (SSSR count). The molecule has 6 heterocycles. The molecule has 5 aliphatic heterocycles. The van der Waals surface area contributed by atoms with E-state index in [2.05, 4.69) is 20.8 Å². The Labute approximate surface area is 227 Å². The van der Waals surface area contributed by atoms with E-state index in [-0.39, 0.29) is 33.6 Å². The number of thioether (sulfide) groups is 1. The van der Waals surface area contributed by atoms with Gasteiger partial charge in [0.2, 0.25) is 5.91 Å². The summed E-state index contributed by atoms with van der Waals surface area (Å²) in [6, 6.07) is -0.911. The molecule has 0 saturated carbocycles. The number of aliphatic carboxylic acids is 1. The van der Waals surface area contributed by atoms with E-state index in [0.717, 1.165) is 54.7 Å². The lowest BCUT2D eigenvalue weighted by Crippen LogP contribution is -2.71. The number of nitrogen functional groups attached to an aromatic ring is 1. The fourth-order valence-corrected chi connectivity index (χ4v) is 7.90. The number of oxime groups is 1. The Bertz CT molecular complexity index is 1240. The van der Waals surface area contributed by atoms with Crippen LogP contribution in [0, 0.1) is 5.41 Å². The maximum atomic E-state index is 13.2. The van der Waals surface area contributed by atoms with E-state index in [1.807, 2.05) is 0 Å². The van der Waals surface area contributed by atoms with Gasteiger partial charge >= 0.3 is 5.97 Å². The Balaban J connectivity index is 1.31. The number of thiazole rings is 1. The lowest BCUT2D eigenvalue weighted by atomic mass is 9.69. The average molecular weight is 565 g/mol. The van der Waals surface area contributed by atoms with Crippen LogP contribution in [-0.2, 0) is 24.0 Å². The number of nitrogens with two attached hydrogens (primary N) is 1. The molecule has 204 valence electrons. The number of β-lactam (4-membered cyclic amide) rings is 1. The van der Waals surface area contributed by atoms with Gasteiger partial charge in [-0.15, -0.1) is 23.1 Å². The minimum atomic E-state index is -1.16. The molecule has 0 spiro atoms. The number of hydrogen-bond donors (Lipinski definition) is 4. The van der Waals surface area contributed by atoms with Gasteiger partial charge in [-0.25, -0.2) is 9.78 Å². The number of carboxylic acids is 1. The Morgan fingerprint density at radius 3 is 2.55 bits per heavy atom. The highest BCUT2D eigenvalue weighted by Gasteiger charge is 2.57. The number of nitrogens with zero attached hydrogens (tertiary/aromatic N) is 4. The average Bonchev–Trinajstić information content (AvgIpc) is 3.35. The van der Waals surface area contributed by atoms with Crippen LogP contribution in [-0.4, -0.2) is 106 Å². The fraction of sp³-hybridized carbons (Fsp3) is 0.565. The molecule has 5 N–H and O–H groups in total. The number of carbonyl (C=O) groups excluding carboxylic acids is 3. The number of piperidine rings is 3. The van der Waals surface area contributed by atoms with Crippen LogP contribution in [0.25, 0.3) is 0 Å². The lowest BCUT2D eigenvalue weighted by molar-refractivity contribution is -0.940. The van der Waals surface area contributed by atoms with Gasteiger partial charge < -0.3 is 30.8 Å². The molecule has 5 aliphatic rings. The van der Waals surface area contributed by atoms with E-state index in [1.165, 1.54) is 23.8 Å². The zero-order valence-corrected chi connectivity index (χ0v) is 22.7. The molecule has 0 radical (unpaired) electrons. The summed E-state index contributed by atoms with van der Waals surface area (Å²) in [4.78, 5) is 61.1. The molecule has 0 aromatic carbocycles. The standard InChI is InChI=1S/C23H29N7O6S2/c1-25-21(35)23-3-6-30(7-4-23,8-5-23)9-12-10-37-19-15(18(32)29(19)16(12)20(33)34)27-17(31)14(28-36-2)13-11-38-22(24)26-13/h11,15,19H,3-10H2,1-2H3,(H4-,24,25,26,27,31,33,34,35)/p+1/b28-14-/t15-,19-,23?,30?/m1/s1. The summed E-state index contributed by atoms with van der Waals surface area (Å²) in [5.41, 5.74) is 6.16. The van der Waals surface area contributed by atoms with Gasteiger partial charge in [-0.1, -0.05) is 5.16 Å².